The predicted molar refractivity (Wildman–Crippen MR) is 121 cm³/mol. The summed E-state index contributed by atoms with van der Waals surface area (Å²) in [5.41, 5.74) is 2.02. The summed E-state index contributed by atoms with van der Waals surface area (Å²) in [4.78, 5) is 10.4. The molecule has 0 saturated carbocycles. The Morgan fingerprint density at radius 1 is 1.03 bits per heavy atom. The van der Waals surface area contributed by atoms with Crippen LogP contribution in [-0.4, -0.2) is 26.3 Å². The maximum absolute atomic E-state index is 14.7. The van der Waals surface area contributed by atoms with Crippen LogP contribution in [0.3, 0.4) is 0 Å². The monoisotopic (exact) mass is 450 g/mol. The van der Waals surface area contributed by atoms with Crippen LogP contribution in [0.1, 0.15) is 12.5 Å². The zero-order valence-corrected chi connectivity index (χ0v) is 18.0. The van der Waals surface area contributed by atoms with Crippen LogP contribution >= 0.6 is 11.8 Å². The van der Waals surface area contributed by atoms with Gasteiger partial charge in [0, 0.05) is 23.4 Å². The lowest BCUT2D eigenvalue weighted by molar-refractivity contribution is -0.384. The van der Waals surface area contributed by atoms with E-state index in [-0.39, 0.29) is 5.69 Å². The summed E-state index contributed by atoms with van der Waals surface area (Å²) in [5, 5.41) is 20.0. The molecule has 0 aliphatic heterocycles. The number of ether oxygens (including phenoxy) is 1. The summed E-state index contributed by atoms with van der Waals surface area (Å²) in [6, 6.07) is 20.2. The van der Waals surface area contributed by atoms with Crippen LogP contribution in [0.4, 0.5) is 10.1 Å². The Balaban J connectivity index is 1.68. The number of para-hydroxylation sites is 1. The van der Waals surface area contributed by atoms with E-state index in [1.807, 2.05) is 31.2 Å². The molecule has 4 aromatic rings. The third kappa shape index (κ3) is 4.62. The van der Waals surface area contributed by atoms with Crippen molar-refractivity contribution >= 4 is 17.4 Å². The van der Waals surface area contributed by atoms with Crippen molar-refractivity contribution in [1.29, 1.82) is 0 Å². The minimum absolute atomic E-state index is 0.0334. The number of rotatable bonds is 8. The SMILES string of the molecule is CCOc1ccc(-c2nnc(SCc3ccc([N+](=O)[O-])cc3)n2-c2ccccc2F)cc1. The first-order valence-corrected chi connectivity index (χ1v) is 10.8. The Morgan fingerprint density at radius 2 is 1.75 bits per heavy atom. The third-order valence-corrected chi connectivity index (χ3v) is 5.67. The number of thioether (sulfide) groups is 1. The molecule has 0 atom stereocenters. The van der Waals surface area contributed by atoms with Gasteiger partial charge in [0.15, 0.2) is 11.0 Å². The van der Waals surface area contributed by atoms with Gasteiger partial charge in [0.05, 0.1) is 17.2 Å². The van der Waals surface area contributed by atoms with Gasteiger partial charge in [-0.2, -0.15) is 0 Å². The summed E-state index contributed by atoms with van der Waals surface area (Å²) in [6.45, 7) is 2.48. The summed E-state index contributed by atoms with van der Waals surface area (Å²) < 4.78 is 21.9. The molecule has 7 nitrogen and oxygen atoms in total. The molecule has 1 aromatic heterocycles. The Morgan fingerprint density at radius 3 is 2.41 bits per heavy atom. The highest BCUT2D eigenvalue weighted by Crippen LogP contribution is 2.31. The van der Waals surface area contributed by atoms with Crippen molar-refractivity contribution in [3.8, 4) is 22.8 Å². The fourth-order valence-corrected chi connectivity index (χ4v) is 4.03. The molecule has 32 heavy (non-hydrogen) atoms. The number of nitro benzene ring substituents is 1. The molecule has 0 N–H and O–H groups in total. The average Bonchev–Trinajstić information content (AvgIpc) is 3.22. The van der Waals surface area contributed by atoms with Gasteiger partial charge in [0.25, 0.3) is 5.69 Å². The van der Waals surface area contributed by atoms with Gasteiger partial charge in [-0.1, -0.05) is 36.0 Å². The third-order valence-electron chi connectivity index (χ3n) is 4.67. The molecule has 0 fully saturated rings. The number of hydrogen-bond donors (Lipinski definition) is 0. The van der Waals surface area contributed by atoms with Gasteiger partial charge in [0.2, 0.25) is 0 Å². The number of nitro groups is 1. The second-order valence-corrected chi connectivity index (χ2v) is 7.71. The molecule has 0 bridgehead atoms. The smallest absolute Gasteiger partial charge is 0.269 e. The number of halogens is 1. The molecule has 3 aromatic carbocycles. The van der Waals surface area contributed by atoms with Crippen LogP contribution in [0.2, 0.25) is 0 Å². The Bertz CT molecular complexity index is 1230. The molecule has 4 rings (SSSR count). The van der Waals surface area contributed by atoms with Crippen molar-refractivity contribution in [3.05, 3.63) is 94.3 Å². The van der Waals surface area contributed by atoms with Crippen molar-refractivity contribution in [2.24, 2.45) is 0 Å². The van der Waals surface area contributed by atoms with E-state index in [2.05, 4.69) is 10.2 Å². The van der Waals surface area contributed by atoms with Gasteiger partial charge in [-0.05, 0) is 48.9 Å². The van der Waals surface area contributed by atoms with Gasteiger partial charge in [-0.15, -0.1) is 10.2 Å². The summed E-state index contributed by atoms with van der Waals surface area (Å²) in [5.74, 6) is 1.34. The van der Waals surface area contributed by atoms with Gasteiger partial charge in [0.1, 0.15) is 11.6 Å². The van der Waals surface area contributed by atoms with E-state index in [1.54, 1.807) is 34.9 Å². The van der Waals surface area contributed by atoms with E-state index in [0.717, 1.165) is 16.9 Å². The van der Waals surface area contributed by atoms with Crippen LogP contribution in [0, 0.1) is 15.9 Å². The number of non-ortho nitro benzene ring substituents is 1. The normalized spacial score (nSPS) is 10.8. The Labute approximate surface area is 188 Å². The van der Waals surface area contributed by atoms with E-state index in [4.69, 9.17) is 4.74 Å². The molecule has 0 aliphatic carbocycles. The number of benzene rings is 3. The van der Waals surface area contributed by atoms with Crippen LogP contribution in [0.15, 0.2) is 78.0 Å². The largest absolute Gasteiger partial charge is 0.494 e. The van der Waals surface area contributed by atoms with Crippen molar-refractivity contribution in [2.45, 2.75) is 17.8 Å². The summed E-state index contributed by atoms with van der Waals surface area (Å²) >= 11 is 1.37. The lowest BCUT2D eigenvalue weighted by atomic mass is 10.2. The van der Waals surface area contributed by atoms with Gasteiger partial charge < -0.3 is 4.74 Å². The highest BCUT2D eigenvalue weighted by molar-refractivity contribution is 7.98. The lowest BCUT2D eigenvalue weighted by Crippen LogP contribution is -2.02. The molecular formula is C23H19FN4O3S. The number of hydrogen-bond acceptors (Lipinski definition) is 6. The topological polar surface area (TPSA) is 83.1 Å². The molecule has 0 radical (unpaired) electrons. The molecule has 9 heteroatoms. The van der Waals surface area contributed by atoms with Crippen molar-refractivity contribution in [1.82, 2.24) is 14.8 Å². The molecule has 0 amide bonds. The fraction of sp³-hybridized carbons (Fsp3) is 0.130. The summed E-state index contributed by atoms with van der Waals surface area (Å²) in [7, 11) is 0. The molecule has 0 spiro atoms. The first kappa shape index (κ1) is 21.5. The molecule has 0 aliphatic rings. The zero-order valence-electron chi connectivity index (χ0n) is 17.1. The molecular weight excluding hydrogens is 431 g/mol. The zero-order chi connectivity index (χ0) is 22.5. The van der Waals surface area contributed by atoms with Crippen LogP contribution in [0.5, 0.6) is 5.75 Å². The Hall–Kier alpha value is -3.72. The average molecular weight is 450 g/mol. The first-order valence-electron chi connectivity index (χ1n) is 9.86. The van der Waals surface area contributed by atoms with Gasteiger partial charge in [-0.25, -0.2) is 4.39 Å². The second kappa shape index (κ2) is 9.61. The summed E-state index contributed by atoms with van der Waals surface area (Å²) in [6.07, 6.45) is 0. The fourth-order valence-electron chi connectivity index (χ4n) is 3.13. The number of aromatic nitrogens is 3. The van der Waals surface area contributed by atoms with Crippen molar-refractivity contribution < 1.29 is 14.1 Å². The van der Waals surface area contributed by atoms with E-state index < -0.39 is 10.7 Å². The lowest BCUT2D eigenvalue weighted by Gasteiger charge is -2.12. The van der Waals surface area contributed by atoms with E-state index >= 15 is 0 Å². The molecule has 0 unspecified atom stereocenters. The second-order valence-electron chi connectivity index (χ2n) is 6.76. The van der Waals surface area contributed by atoms with Crippen LogP contribution in [0.25, 0.3) is 17.1 Å². The number of nitrogens with zero attached hydrogens (tertiary/aromatic N) is 4. The first-order chi connectivity index (χ1) is 15.6. The minimum atomic E-state index is -0.436. The van der Waals surface area contributed by atoms with E-state index in [9.17, 15) is 14.5 Å². The minimum Gasteiger partial charge on any atom is -0.494 e. The van der Waals surface area contributed by atoms with E-state index in [0.29, 0.717) is 29.0 Å². The van der Waals surface area contributed by atoms with Crippen LogP contribution in [-0.2, 0) is 5.75 Å². The van der Waals surface area contributed by atoms with Gasteiger partial charge >= 0.3 is 0 Å². The quantitative estimate of drug-likeness (QED) is 0.195. The van der Waals surface area contributed by atoms with Crippen molar-refractivity contribution in [2.75, 3.05) is 6.61 Å². The van der Waals surface area contributed by atoms with Gasteiger partial charge in [-0.3, -0.25) is 14.7 Å². The molecule has 0 saturated heterocycles. The highest BCUT2D eigenvalue weighted by atomic mass is 32.2. The Kier molecular flexibility index (Phi) is 6.46. The van der Waals surface area contributed by atoms with Crippen molar-refractivity contribution in [3.63, 3.8) is 0 Å². The standard InChI is InChI=1S/C23H19FN4O3S/c1-2-31-19-13-9-17(10-14-19)22-25-26-23(27(22)21-6-4-3-5-20(21)24)32-15-16-7-11-18(12-8-16)28(29)30/h3-14H,2,15H2,1H3. The maximum Gasteiger partial charge on any atom is 0.269 e. The van der Waals surface area contributed by atoms with Crippen LogP contribution < -0.4 is 4.74 Å². The predicted octanol–water partition coefficient (Wildman–Crippen LogP) is 5.67. The molecule has 1 heterocycles. The van der Waals surface area contributed by atoms with E-state index in [1.165, 1.54) is 30.0 Å². The molecule has 162 valence electrons. The maximum atomic E-state index is 14.7. The highest BCUT2D eigenvalue weighted by Gasteiger charge is 2.19.